The van der Waals surface area contributed by atoms with Crippen molar-refractivity contribution in [3.05, 3.63) is 33.6 Å². The van der Waals surface area contributed by atoms with Gasteiger partial charge in [-0.2, -0.15) is 0 Å². The maximum Gasteiger partial charge on any atom is 0.240 e. The fraction of sp³-hybridized carbons (Fsp3) is 0.385. The van der Waals surface area contributed by atoms with E-state index in [9.17, 15) is 14.0 Å². The summed E-state index contributed by atoms with van der Waals surface area (Å²) < 4.78 is 13.5. The first-order valence-electron chi connectivity index (χ1n) is 6.18. The van der Waals surface area contributed by atoms with E-state index < -0.39 is 11.9 Å². The number of hydrogen-bond donors (Lipinski definition) is 1. The predicted molar refractivity (Wildman–Crippen MR) is 82.0 cm³/mol. The molecule has 1 unspecified atom stereocenters. The summed E-state index contributed by atoms with van der Waals surface area (Å²) in [5.41, 5.74) is 0.439. The highest BCUT2D eigenvalue weighted by atomic mass is 35.5. The topological polar surface area (TPSA) is 49.4 Å². The van der Waals surface area contributed by atoms with Crippen LogP contribution >= 0.6 is 35.0 Å². The second-order valence-electron chi connectivity index (χ2n) is 4.65. The summed E-state index contributed by atoms with van der Waals surface area (Å²) in [6.45, 7) is 1.68. The summed E-state index contributed by atoms with van der Waals surface area (Å²) in [5.74, 6) is -0.0555. The van der Waals surface area contributed by atoms with Crippen molar-refractivity contribution in [2.75, 3.05) is 18.2 Å². The Balaban J connectivity index is 2.00. The molecule has 0 bridgehead atoms. The van der Waals surface area contributed by atoms with Crippen LogP contribution in [0.3, 0.4) is 0 Å². The van der Waals surface area contributed by atoms with Crippen molar-refractivity contribution in [3.63, 3.8) is 0 Å². The zero-order valence-electron chi connectivity index (χ0n) is 11.2. The van der Waals surface area contributed by atoms with Crippen LogP contribution in [0.1, 0.15) is 18.5 Å². The van der Waals surface area contributed by atoms with Crippen LogP contribution in [0.5, 0.6) is 0 Å². The van der Waals surface area contributed by atoms with Gasteiger partial charge in [0.15, 0.2) is 0 Å². The fourth-order valence-electron chi connectivity index (χ4n) is 1.95. The molecule has 8 heteroatoms. The predicted octanol–water partition coefficient (Wildman–Crippen LogP) is 2.84. The standard InChI is InChI=1S/C13H13Cl2FN2O2S/c1-7(8-2-11(16)10(15)3-9(8)14)17-12(19)4-18-6-21-5-13(18)20/h2-3,7H,4-6H2,1H3,(H,17,19). The van der Waals surface area contributed by atoms with Crippen molar-refractivity contribution in [2.24, 2.45) is 0 Å². The number of halogens is 3. The van der Waals surface area contributed by atoms with Gasteiger partial charge in [0.2, 0.25) is 11.8 Å². The summed E-state index contributed by atoms with van der Waals surface area (Å²) in [4.78, 5) is 24.8. The minimum atomic E-state index is -0.594. The summed E-state index contributed by atoms with van der Waals surface area (Å²) >= 11 is 13.1. The van der Waals surface area contributed by atoms with Crippen molar-refractivity contribution in [1.82, 2.24) is 10.2 Å². The summed E-state index contributed by atoms with van der Waals surface area (Å²) in [6, 6.07) is 2.02. The number of nitrogens with zero attached hydrogens (tertiary/aromatic N) is 1. The molecule has 2 amide bonds. The zero-order chi connectivity index (χ0) is 15.6. The lowest BCUT2D eigenvalue weighted by molar-refractivity contribution is -0.132. The number of carbonyl (C=O) groups is 2. The molecule has 1 aliphatic heterocycles. The Bertz CT molecular complexity index is 586. The second kappa shape index (κ2) is 6.85. The van der Waals surface area contributed by atoms with Gasteiger partial charge in [0.1, 0.15) is 12.4 Å². The van der Waals surface area contributed by atoms with Crippen LogP contribution in [0, 0.1) is 5.82 Å². The third-order valence-electron chi connectivity index (χ3n) is 3.04. The number of hydrogen-bond acceptors (Lipinski definition) is 3. The highest BCUT2D eigenvalue weighted by Gasteiger charge is 2.24. The van der Waals surface area contributed by atoms with E-state index in [-0.39, 0.29) is 28.4 Å². The highest BCUT2D eigenvalue weighted by Crippen LogP contribution is 2.28. The molecule has 1 heterocycles. The van der Waals surface area contributed by atoms with Crippen LogP contribution in [0.2, 0.25) is 10.0 Å². The Hall–Kier alpha value is -0.980. The number of amides is 2. The van der Waals surface area contributed by atoms with E-state index in [0.29, 0.717) is 17.2 Å². The van der Waals surface area contributed by atoms with Crippen LogP contribution in [-0.2, 0) is 9.59 Å². The third kappa shape index (κ3) is 4.02. The van der Waals surface area contributed by atoms with Crippen molar-refractivity contribution in [1.29, 1.82) is 0 Å². The Morgan fingerprint density at radius 3 is 2.81 bits per heavy atom. The minimum Gasteiger partial charge on any atom is -0.348 e. The first kappa shape index (κ1) is 16.4. The monoisotopic (exact) mass is 350 g/mol. The van der Waals surface area contributed by atoms with E-state index >= 15 is 0 Å². The molecule has 2 rings (SSSR count). The minimum absolute atomic E-state index is 0.0101. The van der Waals surface area contributed by atoms with Gasteiger partial charge >= 0.3 is 0 Å². The Labute approximate surface area is 136 Å². The van der Waals surface area contributed by atoms with E-state index in [1.807, 2.05) is 0 Å². The lowest BCUT2D eigenvalue weighted by Gasteiger charge is -2.19. The van der Waals surface area contributed by atoms with E-state index in [0.717, 1.165) is 0 Å². The van der Waals surface area contributed by atoms with Crippen molar-refractivity contribution >= 4 is 46.8 Å². The number of rotatable bonds is 4. The smallest absolute Gasteiger partial charge is 0.240 e. The van der Waals surface area contributed by atoms with Gasteiger partial charge in [-0.15, -0.1) is 11.8 Å². The molecule has 0 aromatic heterocycles. The average Bonchev–Trinajstić information content (AvgIpc) is 2.79. The molecule has 1 aromatic rings. The fourth-order valence-corrected chi connectivity index (χ4v) is 3.40. The molecule has 0 aliphatic carbocycles. The van der Waals surface area contributed by atoms with Crippen LogP contribution < -0.4 is 5.32 Å². The van der Waals surface area contributed by atoms with Crippen molar-refractivity contribution < 1.29 is 14.0 Å². The van der Waals surface area contributed by atoms with E-state index in [2.05, 4.69) is 5.32 Å². The Morgan fingerprint density at radius 1 is 1.48 bits per heavy atom. The van der Waals surface area contributed by atoms with Crippen LogP contribution in [0.15, 0.2) is 12.1 Å². The molecular formula is C13H13Cl2FN2O2S. The van der Waals surface area contributed by atoms with Gasteiger partial charge in [-0.1, -0.05) is 23.2 Å². The summed E-state index contributed by atoms with van der Waals surface area (Å²) in [6.07, 6.45) is 0. The molecule has 114 valence electrons. The van der Waals surface area contributed by atoms with Gasteiger partial charge in [-0.25, -0.2) is 4.39 Å². The van der Waals surface area contributed by atoms with Gasteiger partial charge < -0.3 is 10.2 Å². The Morgan fingerprint density at radius 2 is 2.19 bits per heavy atom. The van der Waals surface area contributed by atoms with Gasteiger partial charge in [0, 0.05) is 5.02 Å². The maximum atomic E-state index is 13.5. The SMILES string of the molecule is CC(NC(=O)CN1CSCC1=O)c1cc(F)c(Cl)cc1Cl. The van der Waals surface area contributed by atoms with Crippen LogP contribution in [-0.4, -0.2) is 34.9 Å². The largest absolute Gasteiger partial charge is 0.348 e. The number of nitrogens with one attached hydrogen (secondary N) is 1. The Kier molecular flexibility index (Phi) is 5.35. The molecule has 1 aromatic carbocycles. The van der Waals surface area contributed by atoms with Gasteiger partial charge in [0.05, 0.1) is 22.7 Å². The maximum absolute atomic E-state index is 13.5. The molecule has 0 radical (unpaired) electrons. The first-order valence-corrected chi connectivity index (χ1v) is 8.09. The van der Waals surface area contributed by atoms with E-state index in [4.69, 9.17) is 23.2 Å². The van der Waals surface area contributed by atoms with Gasteiger partial charge in [0.25, 0.3) is 0 Å². The highest BCUT2D eigenvalue weighted by molar-refractivity contribution is 8.00. The molecule has 1 atom stereocenters. The number of carbonyl (C=O) groups excluding carboxylic acids is 2. The molecule has 1 fully saturated rings. The summed E-state index contributed by atoms with van der Waals surface area (Å²) in [5, 5.41) is 2.91. The normalized spacial score (nSPS) is 16.2. The van der Waals surface area contributed by atoms with E-state index in [1.165, 1.54) is 28.8 Å². The van der Waals surface area contributed by atoms with Gasteiger partial charge in [-0.05, 0) is 24.6 Å². The average molecular weight is 351 g/mol. The number of thioether (sulfide) groups is 1. The lowest BCUT2D eigenvalue weighted by Crippen LogP contribution is -2.39. The third-order valence-corrected chi connectivity index (χ3v) is 4.61. The summed E-state index contributed by atoms with van der Waals surface area (Å²) in [7, 11) is 0. The molecule has 1 saturated heterocycles. The molecule has 0 spiro atoms. The van der Waals surface area contributed by atoms with E-state index in [1.54, 1.807) is 6.92 Å². The molecule has 0 saturated carbocycles. The first-order chi connectivity index (χ1) is 9.88. The molecule has 4 nitrogen and oxygen atoms in total. The quantitative estimate of drug-likeness (QED) is 0.849. The lowest BCUT2D eigenvalue weighted by atomic mass is 10.1. The zero-order valence-corrected chi connectivity index (χ0v) is 13.5. The van der Waals surface area contributed by atoms with Crippen molar-refractivity contribution in [2.45, 2.75) is 13.0 Å². The second-order valence-corrected chi connectivity index (χ2v) is 6.42. The van der Waals surface area contributed by atoms with Gasteiger partial charge in [-0.3, -0.25) is 9.59 Å². The van der Waals surface area contributed by atoms with Crippen LogP contribution in [0.4, 0.5) is 4.39 Å². The van der Waals surface area contributed by atoms with Crippen molar-refractivity contribution in [3.8, 4) is 0 Å². The molecular weight excluding hydrogens is 338 g/mol. The molecule has 21 heavy (non-hydrogen) atoms. The van der Waals surface area contributed by atoms with Crippen LogP contribution in [0.25, 0.3) is 0 Å². The molecule has 1 aliphatic rings. The molecule has 1 N–H and O–H groups in total. The number of benzene rings is 1.